The lowest BCUT2D eigenvalue weighted by Crippen LogP contribution is -2.33. The number of nitro groups is 1. The van der Waals surface area contributed by atoms with E-state index in [4.69, 9.17) is 11.6 Å². The molecule has 1 saturated heterocycles. The number of carbonyl (C=O) groups excluding carboxylic acids is 1. The van der Waals surface area contributed by atoms with Gasteiger partial charge in [-0.05, 0) is 18.2 Å². The first-order valence-corrected chi connectivity index (χ1v) is 7.30. The van der Waals surface area contributed by atoms with Crippen LogP contribution in [-0.4, -0.2) is 45.3 Å². The third-order valence-electron chi connectivity index (χ3n) is 2.80. The molecule has 0 atom stereocenters. The average Bonchev–Trinajstić information content (AvgIpc) is 2.66. The number of pyridine rings is 1. The molecule has 1 aromatic rings. The van der Waals surface area contributed by atoms with Gasteiger partial charge in [0.15, 0.2) is 0 Å². The van der Waals surface area contributed by atoms with Gasteiger partial charge in [-0.15, -0.1) is 0 Å². The summed E-state index contributed by atoms with van der Waals surface area (Å²) in [6, 6.07) is 1.35. The number of rotatable bonds is 2. The monoisotopic (exact) mass is 301 g/mol. The fourth-order valence-corrected chi connectivity index (χ4v) is 3.01. The summed E-state index contributed by atoms with van der Waals surface area (Å²) in [6.07, 6.45) is 2.21. The molecule has 1 amide bonds. The Bertz CT molecular complexity index is 504. The van der Waals surface area contributed by atoms with Crippen LogP contribution in [0.5, 0.6) is 0 Å². The minimum absolute atomic E-state index is 0.0110. The van der Waals surface area contributed by atoms with Crippen molar-refractivity contribution in [2.75, 3.05) is 24.6 Å². The van der Waals surface area contributed by atoms with Crippen molar-refractivity contribution >= 4 is 35.0 Å². The Balaban J connectivity index is 2.32. The summed E-state index contributed by atoms with van der Waals surface area (Å²) in [4.78, 5) is 28.0. The van der Waals surface area contributed by atoms with E-state index in [2.05, 4.69) is 4.98 Å². The lowest BCUT2D eigenvalue weighted by molar-refractivity contribution is -0.385. The third-order valence-corrected chi connectivity index (χ3v) is 4.13. The maximum atomic E-state index is 12.4. The Morgan fingerprint density at radius 2 is 2.26 bits per heavy atom. The molecule has 1 aliphatic heterocycles. The van der Waals surface area contributed by atoms with E-state index in [1.807, 2.05) is 0 Å². The maximum Gasteiger partial charge on any atom is 0.319 e. The summed E-state index contributed by atoms with van der Waals surface area (Å²) in [5, 5.41) is 10.8. The Kier molecular flexibility index (Phi) is 4.60. The molecule has 1 aromatic heterocycles. The summed E-state index contributed by atoms with van der Waals surface area (Å²) in [5.74, 6) is 1.50. The third kappa shape index (κ3) is 3.16. The molecule has 0 aliphatic carbocycles. The van der Waals surface area contributed by atoms with E-state index in [0.29, 0.717) is 13.1 Å². The quantitative estimate of drug-likeness (QED) is 0.475. The minimum atomic E-state index is -0.658. The van der Waals surface area contributed by atoms with Crippen molar-refractivity contribution in [2.45, 2.75) is 6.42 Å². The molecule has 102 valence electrons. The van der Waals surface area contributed by atoms with Crippen LogP contribution in [0.3, 0.4) is 0 Å². The molecule has 0 aromatic carbocycles. The number of hydrogen-bond donors (Lipinski definition) is 0. The zero-order valence-electron chi connectivity index (χ0n) is 10.0. The molecule has 0 bridgehead atoms. The summed E-state index contributed by atoms with van der Waals surface area (Å²) < 4.78 is 0. The zero-order chi connectivity index (χ0) is 13.8. The molecule has 0 unspecified atom stereocenters. The van der Waals surface area contributed by atoms with E-state index in [-0.39, 0.29) is 16.6 Å². The van der Waals surface area contributed by atoms with Crippen LogP contribution in [0, 0.1) is 10.1 Å². The van der Waals surface area contributed by atoms with Gasteiger partial charge in [-0.25, -0.2) is 4.98 Å². The maximum absolute atomic E-state index is 12.4. The van der Waals surface area contributed by atoms with E-state index in [1.165, 1.54) is 12.3 Å². The van der Waals surface area contributed by atoms with Gasteiger partial charge in [0.2, 0.25) is 5.15 Å². The van der Waals surface area contributed by atoms with Gasteiger partial charge in [0.05, 0.1) is 4.92 Å². The van der Waals surface area contributed by atoms with Crippen molar-refractivity contribution < 1.29 is 9.72 Å². The average molecular weight is 302 g/mol. The molecule has 19 heavy (non-hydrogen) atoms. The van der Waals surface area contributed by atoms with Gasteiger partial charge in [0.1, 0.15) is 5.56 Å². The summed E-state index contributed by atoms with van der Waals surface area (Å²) in [7, 11) is 0. The molecule has 0 radical (unpaired) electrons. The molecule has 2 rings (SSSR count). The lowest BCUT2D eigenvalue weighted by atomic mass is 10.2. The Labute approximate surface area is 119 Å². The number of aromatic nitrogens is 1. The molecular formula is C11H12ClN3O3S. The first kappa shape index (κ1) is 14.1. The lowest BCUT2D eigenvalue weighted by Gasteiger charge is -2.19. The number of nitrogens with zero attached hydrogens (tertiary/aromatic N) is 3. The second-order valence-electron chi connectivity index (χ2n) is 4.01. The second-order valence-corrected chi connectivity index (χ2v) is 5.60. The molecule has 1 aliphatic rings. The van der Waals surface area contributed by atoms with E-state index in [9.17, 15) is 14.9 Å². The number of thioether (sulfide) groups is 1. The summed E-state index contributed by atoms with van der Waals surface area (Å²) >= 11 is 7.49. The van der Waals surface area contributed by atoms with E-state index in [0.717, 1.165) is 17.9 Å². The molecule has 0 N–H and O–H groups in total. The van der Waals surface area contributed by atoms with Crippen molar-refractivity contribution in [3.05, 3.63) is 33.1 Å². The molecule has 8 heteroatoms. The zero-order valence-corrected chi connectivity index (χ0v) is 11.6. The molecule has 1 fully saturated rings. The van der Waals surface area contributed by atoms with Crippen molar-refractivity contribution in [3.8, 4) is 0 Å². The molecule has 6 nitrogen and oxygen atoms in total. The molecular weight excluding hydrogens is 290 g/mol. The highest BCUT2D eigenvalue weighted by atomic mass is 35.5. The Morgan fingerprint density at radius 3 is 3.00 bits per heavy atom. The number of amides is 1. The molecule has 0 spiro atoms. The topological polar surface area (TPSA) is 76.3 Å². The van der Waals surface area contributed by atoms with Crippen LogP contribution in [0.4, 0.5) is 5.69 Å². The second kappa shape index (κ2) is 6.21. The Morgan fingerprint density at radius 1 is 1.47 bits per heavy atom. The van der Waals surface area contributed by atoms with E-state index in [1.54, 1.807) is 16.7 Å². The smallest absolute Gasteiger partial charge is 0.319 e. The van der Waals surface area contributed by atoms with Gasteiger partial charge in [-0.1, -0.05) is 11.6 Å². The van der Waals surface area contributed by atoms with Gasteiger partial charge in [0.25, 0.3) is 5.91 Å². The SMILES string of the molecule is O=C(c1ccnc(Cl)c1[N+](=O)[O-])N1CCCSCC1. The fraction of sp³-hybridized carbons (Fsp3) is 0.455. The van der Waals surface area contributed by atoms with Gasteiger partial charge >= 0.3 is 5.69 Å². The number of carbonyl (C=O) groups is 1. The highest BCUT2D eigenvalue weighted by Gasteiger charge is 2.28. The largest absolute Gasteiger partial charge is 0.338 e. The highest BCUT2D eigenvalue weighted by molar-refractivity contribution is 7.99. The van der Waals surface area contributed by atoms with Gasteiger partial charge in [0, 0.05) is 25.0 Å². The van der Waals surface area contributed by atoms with E-state index >= 15 is 0 Å². The van der Waals surface area contributed by atoms with Crippen LogP contribution < -0.4 is 0 Å². The van der Waals surface area contributed by atoms with Crippen LogP contribution in [-0.2, 0) is 0 Å². The predicted molar refractivity (Wildman–Crippen MR) is 73.7 cm³/mol. The van der Waals surface area contributed by atoms with Crippen LogP contribution >= 0.6 is 23.4 Å². The van der Waals surface area contributed by atoms with Crippen LogP contribution in [0.2, 0.25) is 5.15 Å². The normalized spacial score (nSPS) is 15.9. The highest BCUT2D eigenvalue weighted by Crippen LogP contribution is 2.27. The van der Waals surface area contributed by atoms with Crippen molar-refractivity contribution in [3.63, 3.8) is 0 Å². The first-order valence-electron chi connectivity index (χ1n) is 5.77. The molecule has 2 heterocycles. The van der Waals surface area contributed by atoms with Crippen molar-refractivity contribution in [2.24, 2.45) is 0 Å². The van der Waals surface area contributed by atoms with Gasteiger partial charge < -0.3 is 4.90 Å². The van der Waals surface area contributed by atoms with Crippen LogP contribution in [0.1, 0.15) is 16.8 Å². The van der Waals surface area contributed by atoms with Crippen molar-refractivity contribution in [1.29, 1.82) is 0 Å². The van der Waals surface area contributed by atoms with E-state index < -0.39 is 10.6 Å². The number of hydrogen-bond acceptors (Lipinski definition) is 5. The van der Waals surface area contributed by atoms with Crippen LogP contribution in [0.15, 0.2) is 12.3 Å². The number of halogens is 1. The standard InChI is InChI=1S/C11H12ClN3O3S/c12-10-9(15(17)18)8(2-3-13-10)11(16)14-4-1-6-19-7-5-14/h2-3H,1,4-7H2. The van der Waals surface area contributed by atoms with Gasteiger partial charge in [-0.2, -0.15) is 11.8 Å². The summed E-state index contributed by atoms with van der Waals surface area (Å²) in [5.41, 5.74) is -0.400. The fourth-order valence-electron chi connectivity index (χ4n) is 1.89. The predicted octanol–water partition coefficient (Wildman–Crippen LogP) is 2.22. The van der Waals surface area contributed by atoms with Crippen LogP contribution in [0.25, 0.3) is 0 Å². The van der Waals surface area contributed by atoms with Crippen molar-refractivity contribution in [1.82, 2.24) is 9.88 Å². The summed E-state index contributed by atoms with van der Waals surface area (Å²) in [6.45, 7) is 1.21. The molecule has 0 saturated carbocycles. The minimum Gasteiger partial charge on any atom is -0.338 e. The first-order chi connectivity index (χ1) is 9.11. The van der Waals surface area contributed by atoms with Gasteiger partial charge in [-0.3, -0.25) is 14.9 Å². The Hall–Kier alpha value is -1.34.